The SMILES string of the molecule is Cc1ccc2c(c1)nc(-c1[c-]ccc3c1oc1nc(C(C)C4CCCC4)ccc13)n2-c1c(-c2ccccc2)cc(C(C)(C)C)cc1-c1ccccc1.[CH3][Ge]([CH3])([CH3])[c]1ccc(-c2[c-]cc(C3CCCCC3)cc2)nc1.[Ir]. The predicted molar refractivity (Wildman–Crippen MR) is 312 cm³/mol. The fraction of sp³-hybridized carbons (Fsp3) is 0.309. The topological polar surface area (TPSA) is 56.7 Å². The maximum absolute atomic E-state index is 6.80. The monoisotopic (exact) mass is 1230 g/mol. The predicted octanol–water partition coefficient (Wildman–Crippen LogP) is 18.2. The molecule has 0 amide bonds. The van der Waals surface area contributed by atoms with Gasteiger partial charge in [0.05, 0.1) is 28.1 Å². The van der Waals surface area contributed by atoms with Crippen molar-refractivity contribution in [2.45, 2.75) is 127 Å². The molecular weight excluding hydrogens is 1150 g/mol. The van der Waals surface area contributed by atoms with Crippen LogP contribution in [0.4, 0.5) is 0 Å². The van der Waals surface area contributed by atoms with Crippen LogP contribution in [0, 0.1) is 25.0 Å². The van der Waals surface area contributed by atoms with E-state index in [0.29, 0.717) is 17.5 Å². The van der Waals surface area contributed by atoms with Crippen molar-refractivity contribution in [2.24, 2.45) is 5.92 Å². The third-order valence-electron chi connectivity index (χ3n) is 16.1. The van der Waals surface area contributed by atoms with Crippen LogP contribution in [-0.2, 0) is 25.5 Å². The van der Waals surface area contributed by atoms with E-state index in [-0.39, 0.29) is 25.5 Å². The molecule has 4 aromatic heterocycles. The molecular formula is C68H70GeIrN4O-2. The Morgan fingerprint density at radius 1 is 0.693 bits per heavy atom. The maximum atomic E-state index is 6.80. The molecule has 383 valence electrons. The van der Waals surface area contributed by atoms with Crippen LogP contribution in [-0.4, -0.2) is 32.8 Å². The van der Waals surface area contributed by atoms with E-state index in [1.54, 1.807) is 0 Å². The van der Waals surface area contributed by atoms with Crippen molar-refractivity contribution >= 4 is 50.8 Å². The van der Waals surface area contributed by atoms with E-state index in [0.717, 1.165) is 95.2 Å². The van der Waals surface area contributed by atoms with Gasteiger partial charge in [-0.2, -0.15) is 0 Å². The average molecular weight is 1220 g/mol. The second-order valence-corrected chi connectivity index (χ2v) is 34.0. The van der Waals surface area contributed by atoms with Gasteiger partial charge in [0, 0.05) is 48.2 Å². The van der Waals surface area contributed by atoms with Crippen LogP contribution < -0.4 is 4.40 Å². The zero-order chi connectivity index (χ0) is 51.1. The standard InChI is InChI=1S/C48H44N3O.C20H26GeN.Ir/c1-30-23-26-43-42(27-30)49-46(38-22-14-21-36-37-24-25-41(50-47(37)52-45(36)38)31(2)32-15-12-13-16-32)51(43)44-39(33-17-8-6-9-18-33)28-35(48(3,4)5)29-40(44)34-19-10-7-11-20-34;1-21(2,3)19-13-14-20(22-15-19)18-11-9-17(10-12-18)16-7-5-4-6-8-16;/h6-11,14,17-21,23-29,31-32H,12-13,15-16H2,1-5H3;9-11,13-16H,4-8H2,1-3H3;/q2*-1;. The summed E-state index contributed by atoms with van der Waals surface area (Å²) in [5.41, 5.74) is 17.0. The molecule has 2 saturated carbocycles. The van der Waals surface area contributed by atoms with Gasteiger partial charge < -0.3 is 8.98 Å². The molecule has 4 heterocycles. The first kappa shape index (κ1) is 52.5. The Hall–Kier alpha value is -5.92. The van der Waals surface area contributed by atoms with Crippen LogP contribution in [0.15, 0.2) is 156 Å². The van der Waals surface area contributed by atoms with Crippen molar-refractivity contribution in [2.75, 3.05) is 0 Å². The number of aromatic nitrogens is 4. The summed E-state index contributed by atoms with van der Waals surface area (Å²) >= 11 is -1.76. The number of nitrogens with zero attached hydrogens (tertiary/aromatic N) is 4. The Labute approximate surface area is 461 Å². The Morgan fingerprint density at radius 3 is 1.99 bits per heavy atom. The second kappa shape index (κ2) is 22.0. The minimum absolute atomic E-state index is 0. The van der Waals surface area contributed by atoms with Crippen molar-refractivity contribution in [3.8, 4) is 50.6 Å². The van der Waals surface area contributed by atoms with E-state index in [4.69, 9.17) is 14.4 Å². The number of pyridine rings is 2. The van der Waals surface area contributed by atoms with Crippen molar-refractivity contribution < 1.29 is 24.5 Å². The summed E-state index contributed by atoms with van der Waals surface area (Å²) in [5, 5.41) is 2.05. The van der Waals surface area contributed by atoms with E-state index in [2.05, 4.69) is 219 Å². The van der Waals surface area contributed by atoms with E-state index in [9.17, 15) is 0 Å². The summed E-state index contributed by atoms with van der Waals surface area (Å²) < 4.78 is 10.6. The number of aryl methyl sites for hydroxylation is 1. The molecule has 5 nitrogen and oxygen atoms in total. The minimum Gasteiger partial charge on any atom is 0 e. The zero-order valence-electron chi connectivity index (χ0n) is 45.1. The fourth-order valence-electron chi connectivity index (χ4n) is 11.6. The first-order valence-corrected chi connectivity index (χ1v) is 34.6. The Bertz CT molecular complexity index is 3510. The summed E-state index contributed by atoms with van der Waals surface area (Å²) in [6.07, 6.45) is 14.1. The third kappa shape index (κ3) is 10.9. The molecule has 12 rings (SSSR count). The zero-order valence-corrected chi connectivity index (χ0v) is 49.6. The van der Waals surface area contributed by atoms with E-state index in [1.807, 2.05) is 6.07 Å². The summed E-state index contributed by atoms with van der Waals surface area (Å²) in [6.45, 7) is 11.3. The summed E-state index contributed by atoms with van der Waals surface area (Å²) in [4.78, 5) is 15.3. The van der Waals surface area contributed by atoms with Crippen molar-refractivity contribution in [1.82, 2.24) is 19.5 Å². The number of fused-ring (bicyclic) bond motifs is 4. The molecule has 1 atom stereocenters. The number of furan rings is 1. The molecule has 0 spiro atoms. The third-order valence-corrected chi connectivity index (χ3v) is 20.4. The van der Waals surface area contributed by atoms with Crippen molar-refractivity contribution in [3.63, 3.8) is 0 Å². The van der Waals surface area contributed by atoms with Crippen molar-refractivity contribution in [1.29, 1.82) is 0 Å². The molecule has 2 aliphatic rings. The summed E-state index contributed by atoms with van der Waals surface area (Å²) in [7, 11) is 0. The van der Waals surface area contributed by atoms with Gasteiger partial charge in [-0.15, -0.1) is 18.2 Å². The molecule has 10 aromatic rings. The van der Waals surface area contributed by atoms with Gasteiger partial charge in [0.25, 0.3) is 0 Å². The van der Waals surface area contributed by atoms with Crippen LogP contribution in [0.5, 0.6) is 0 Å². The van der Waals surface area contributed by atoms with Gasteiger partial charge in [0.2, 0.25) is 5.71 Å². The van der Waals surface area contributed by atoms with Gasteiger partial charge in [-0.05, 0) is 89.8 Å². The molecule has 6 aromatic carbocycles. The minimum atomic E-state index is -1.76. The molecule has 0 bridgehead atoms. The number of imidazole rings is 1. The first-order valence-electron chi connectivity index (χ1n) is 27.3. The molecule has 0 aliphatic heterocycles. The first-order chi connectivity index (χ1) is 35.8. The molecule has 1 unspecified atom stereocenters. The Balaban J connectivity index is 0.000000234. The van der Waals surface area contributed by atoms with E-state index < -0.39 is 13.3 Å². The van der Waals surface area contributed by atoms with Crippen LogP contribution in [0.25, 0.3) is 83.7 Å². The molecule has 0 N–H and O–H groups in total. The number of benzene rings is 6. The average Bonchev–Trinajstić information content (AvgIpc) is 4.19. The number of rotatable bonds is 9. The molecule has 2 aliphatic carbocycles. The van der Waals surface area contributed by atoms with Crippen LogP contribution in [0.2, 0.25) is 17.3 Å². The fourth-order valence-corrected chi connectivity index (χ4v) is 13.8. The van der Waals surface area contributed by atoms with Crippen LogP contribution in [0.1, 0.15) is 120 Å². The van der Waals surface area contributed by atoms with Gasteiger partial charge in [0.1, 0.15) is 0 Å². The number of hydrogen-bond acceptors (Lipinski definition) is 4. The molecule has 1 radical (unpaired) electrons. The van der Waals surface area contributed by atoms with Gasteiger partial charge in [-0.25, -0.2) is 4.98 Å². The van der Waals surface area contributed by atoms with Crippen LogP contribution in [0.3, 0.4) is 0 Å². The van der Waals surface area contributed by atoms with Gasteiger partial charge in [-0.3, -0.25) is 4.98 Å². The van der Waals surface area contributed by atoms with Gasteiger partial charge >= 0.3 is 137 Å². The van der Waals surface area contributed by atoms with Gasteiger partial charge in [-0.1, -0.05) is 118 Å². The molecule has 75 heavy (non-hydrogen) atoms. The second-order valence-electron chi connectivity index (χ2n) is 23.3. The quantitative estimate of drug-likeness (QED) is 0.107. The molecule has 2 fully saturated rings. The summed E-state index contributed by atoms with van der Waals surface area (Å²) in [6, 6.07) is 59.6. The normalized spacial score (nSPS) is 15.0. The maximum Gasteiger partial charge on any atom is 0 e. The largest absolute Gasteiger partial charge is 0 e. The van der Waals surface area contributed by atoms with Crippen molar-refractivity contribution in [3.05, 3.63) is 186 Å². The van der Waals surface area contributed by atoms with E-state index in [1.165, 1.54) is 73.3 Å². The van der Waals surface area contributed by atoms with Gasteiger partial charge in [0.15, 0.2) is 0 Å². The molecule has 7 heteroatoms. The number of hydrogen-bond donors (Lipinski definition) is 0. The molecule has 0 saturated heterocycles. The van der Waals surface area contributed by atoms with E-state index >= 15 is 0 Å². The Kier molecular flexibility index (Phi) is 15.4. The summed E-state index contributed by atoms with van der Waals surface area (Å²) in [5.74, 6) is 9.85. The smallest absolute Gasteiger partial charge is 0 e. The Morgan fingerprint density at radius 2 is 1.37 bits per heavy atom. The van der Waals surface area contributed by atoms with Crippen LogP contribution >= 0.6 is 0 Å².